The standard InChI is InChI=1S/C20H42O3Si2/c1-15-12-16(21)13-18(23-25(10,11)20(5,6)7)17(15)14-22-24(8,9)19(2,3)4/h15,17-18H,12-14H2,1-11H3/t15-,17+,18-/m0/s1. The molecule has 0 N–H and O–H groups in total. The summed E-state index contributed by atoms with van der Waals surface area (Å²) in [5, 5.41) is 0.359. The number of rotatable bonds is 5. The van der Waals surface area contributed by atoms with Gasteiger partial charge in [-0.2, -0.15) is 0 Å². The highest BCUT2D eigenvalue weighted by Gasteiger charge is 2.45. The van der Waals surface area contributed by atoms with Crippen LogP contribution < -0.4 is 0 Å². The van der Waals surface area contributed by atoms with E-state index in [1.807, 2.05) is 0 Å². The van der Waals surface area contributed by atoms with Gasteiger partial charge in [-0.05, 0) is 42.2 Å². The zero-order valence-corrected chi connectivity index (χ0v) is 20.6. The van der Waals surface area contributed by atoms with E-state index in [0.29, 0.717) is 30.5 Å². The maximum atomic E-state index is 12.2. The summed E-state index contributed by atoms with van der Waals surface area (Å²) >= 11 is 0. The van der Waals surface area contributed by atoms with Gasteiger partial charge in [-0.25, -0.2) is 0 Å². The van der Waals surface area contributed by atoms with Crippen molar-refractivity contribution in [2.24, 2.45) is 11.8 Å². The Balaban J connectivity index is 2.94. The Labute approximate surface area is 158 Å². The molecule has 148 valence electrons. The monoisotopic (exact) mass is 386 g/mol. The summed E-state index contributed by atoms with van der Waals surface area (Å²) in [5.74, 6) is 1.00. The van der Waals surface area contributed by atoms with Crippen LogP contribution in [0.2, 0.25) is 36.3 Å². The van der Waals surface area contributed by atoms with Crippen LogP contribution >= 0.6 is 0 Å². The molecule has 3 nitrogen and oxygen atoms in total. The molecule has 0 aromatic rings. The number of carbonyl (C=O) groups is 1. The van der Waals surface area contributed by atoms with Gasteiger partial charge in [0.15, 0.2) is 16.6 Å². The zero-order valence-electron chi connectivity index (χ0n) is 18.6. The van der Waals surface area contributed by atoms with Gasteiger partial charge >= 0.3 is 0 Å². The summed E-state index contributed by atoms with van der Waals surface area (Å²) in [6, 6.07) is 0. The van der Waals surface area contributed by atoms with Crippen molar-refractivity contribution in [3.8, 4) is 0 Å². The van der Waals surface area contributed by atoms with Crippen molar-refractivity contribution in [3.05, 3.63) is 0 Å². The van der Waals surface area contributed by atoms with E-state index in [0.717, 1.165) is 6.61 Å². The Morgan fingerprint density at radius 2 is 1.40 bits per heavy atom. The van der Waals surface area contributed by atoms with E-state index >= 15 is 0 Å². The van der Waals surface area contributed by atoms with Gasteiger partial charge in [0, 0.05) is 25.4 Å². The van der Waals surface area contributed by atoms with Gasteiger partial charge in [-0.3, -0.25) is 4.79 Å². The van der Waals surface area contributed by atoms with Crippen LogP contribution in [0.5, 0.6) is 0 Å². The molecule has 25 heavy (non-hydrogen) atoms. The first kappa shape index (κ1) is 23.1. The summed E-state index contributed by atoms with van der Waals surface area (Å²) < 4.78 is 13.2. The van der Waals surface area contributed by atoms with Gasteiger partial charge < -0.3 is 8.85 Å². The fourth-order valence-electron chi connectivity index (χ4n) is 2.81. The molecule has 0 amide bonds. The van der Waals surface area contributed by atoms with Crippen molar-refractivity contribution < 1.29 is 13.6 Å². The van der Waals surface area contributed by atoms with Crippen LogP contribution in [0.15, 0.2) is 0 Å². The van der Waals surface area contributed by atoms with Gasteiger partial charge in [-0.1, -0.05) is 48.5 Å². The minimum atomic E-state index is -1.90. The summed E-state index contributed by atoms with van der Waals surface area (Å²) in [6.45, 7) is 25.7. The minimum absolute atomic E-state index is 0.0157. The Bertz CT molecular complexity index is 472. The number of Topliss-reactive ketones (excluding diaryl/α,β-unsaturated/α-hetero) is 1. The molecule has 1 saturated carbocycles. The van der Waals surface area contributed by atoms with Crippen molar-refractivity contribution >= 4 is 22.4 Å². The average molecular weight is 387 g/mol. The molecule has 1 rings (SSSR count). The highest BCUT2D eigenvalue weighted by molar-refractivity contribution is 6.74. The average Bonchev–Trinajstić information content (AvgIpc) is 2.33. The molecular weight excluding hydrogens is 344 g/mol. The fourth-order valence-corrected chi connectivity index (χ4v) is 5.22. The van der Waals surface area contributed by atoms with Crippen molar-refractivity contribution in [3.63, 3.8) is 0 Å². The SMILES string of the molecule is C[C@H]1CC(=O)C[C@H](O[Si](C)(C)C(C)(C)C)[C@@H]1CO[Si](C)(C)C(C)(C)C. The zero-order chi connectivity index (χ0) is 19.8. The molecule has 0 unspecified atom stereocenters. The molecule has 0 bridgehead atoms. The lowest BCUT2D eigenvalue weighted by Crippen LogP contribution is -2.51. The number of ketones is 1. The van der Waals surface area contributed by atoms with Crippen LogP contribution in [0, 0.1) is 11.8 Å². The van der Waals surface area contributed by atoms with E-state index in [2.05, 4.69) is 74.7 Å². The van der Waals surface area contributed by atoms with Crippen molar-refractivity contribution in [1.82, 2.24) is 0 Å². The molecule has 0 aromatic heterocycles. The van der Waals surface area contributed by atoms with Crippen LogP contribution in [0.4, 0.5) is 0 Å². The second-order valence-corrected chi connectivity index (χ2v) is 20.6. The molecule has 3 atom stereocenters. The predicted octanol–water partition coefficient (Wildman–Crippen LogP) is 6.01. The summed E-state index contributed by atoms with van der Waals surface area (Å²) in [5.41, 5.74) is 0. The van der Waals surface area contributed by atoms with Crippen molar-refractivity contribution in [2.45, 2.75) is 104 Å². The maximum absolute atomic E-state index is 12.2. The second kappa shape index (κ2) is 7.57. The third-order valence-corrected chi connectivity index (χ3v) is 15.9. The molecule has 0 heterocycles. The smallest absolute Gasteiger partial charge is 0.192 e. The predicted molar refractivity (Wildman–Crippen MR) is 112 cm³/mol. The molecule has 1 aliphatic carbocycles. The Morgan fingerprint density at radius 3 is 1.84 bits per heavy atom. The molecule has 0 spiro atoms. The lowest BCUT2D eigenvalue weighted by molar-refractivity contribution is -0.127. The maximum Gasteiger partial charge on any atom is 0.192 e. The third-order valence-electron chi connectivity index (χ3n) is 6.88. The third kappa shape index (κ3) is 5.75. The fraction of sp³-hybridized carbons (Fsp3) is 0.950. The first-order valence-electron chi connectivity index (χ1n) is 9.81. The quantitative estimate of drug-likeness (QED) is 0.542. The molecule has 0 radical (unpaired) electrons. The van der Waals surface area contributed by atoms with E-state index in [4.69, 9.17) is 8.85 Å². The number of hydrogen-bond acceptors (Lipinski definition) is 3. The molecule has 0 aliphatic heterocycles. The second-order valence-electron chi connectivity index (χ2n) is 11.1. The van der Waals surface area contributed by atoms with Gasteiger partial charge in [0.2, 0.25) is 0 Å². The van der Waals surface area contributed by atoms with Crippen LogP contribution in [0.25, 0.3) is 0 Å². The molecule has 0 aromatic carbocycles. The molecular formula is C20H42O3Si2. The summed E-state index contributed by atoms with van der Waals surface area (Å²) in [4.78, 5) is 12.2. The molecule has 1 aliphatic rings. The van der Waals surface area contributed by atoms with Gasteiger partial charge in [0.25, 0.3) is 0 Å². The van der Waals surface area contributed by atoms with Gasteiger partial charge in [0.05, 0.1) is 6.10 Å². The number of hydrogen-bond donors (Lipinski definition) is 0. The van der Waals surface area contributed by atoms with Crippen LogP contribution in [0.1, 0.15) is 61.3 Å². The summed E-state index contributed by atoms with van der Waals surface area (Å²) in [7, 11) is -3.69. The highest BCUT2D eigenvalue weighted by atomic mass is 28.4. The van der Waals surface area contributed by atoms with Crippen molar-refractivity contribution in [2.75, 3.05) is 6.61 Å². The largest absolute Gasteiger partial charge is 0.416 e. The van der Waals surface area contributed by atoms with Crippen LogP contribution in [-0.4, -0.2) is 35.1 Å². The Morgan fingerprint density at radius 1 is 0.920 bits per heavy atom. The van der Waals surface area contributed by atoms with Crippen LogP contribution in [-0.2, 0) is 13.6 Å². The van der Waals surface area contributed by atoms with E-state index in [9.17, 15) is 4.79 Å². The Kier molecular flexibility index (Phi) is 6.98. The van der Waals surface area contributed by atoms with Crippen molar-refractivity contribution in [1.29, 1.82) is 0 Å². The first-order chi connectivity index (χ1) is 11.0. The van der Waals surface area contributed by atoms with E-state index in [-0.39, 0.29) is 16.2 Å². The lowest BCUT2D eigenvalue weighted by atomic mass is 9.78. The first-order valence-corrected chi connectivity index (χ1v) is 15.6. The van der Waals surface area contributed by atoms with E-state index < -0.39 is 16.6 Å². The minimum Gasteiger partial charge on any atom is -0.416 e. The van der Waals surface area contributed by atoms with Gasteiger partial charge in [-0.15, -0.1) is 0 Å². The normalized spacial score (nSPS) is 26.8. The lowest BCUT2D eigenvalue weighted by Gasteiger charge is -2.45. The number of carbonyl (C=O) groups excluding carboxylic acids is 1. The Hall–Kier alpha value is 0.0238. The van der Waals surface area contributed by atoms with Gasteiger partial charge in [0.1, 0.15) is 5.78 Å². The molecule has 0 saturated heterocycles. The summed E-state index contributed by atoms with van der Waals surface area (Å²) in [6.07, 6.45) is 1.24. The highest BCUT2D eigenvalue weighted by Crippen LogP contribution is 2.42. The van der Waals surface area contributed by atoms with Crippen LogP contribution in [0.3, 0.4) is 0 Å². The molecule has 1 fully saturated rings. The molecule has 5 heteroatoms. The van der Waals surface area contributed by atoms with E-state index in [1.54, 1.807) is 0 Å². The topological polar surface area (TPSA) is 35.5 Å². The van der Waals surface area contributed by atoms with E-state index in [1.165, 1.54) is 0 Å².